The van der Waals surface area contributed by atoms with Crippen LogP contribution >= 0.6 is 0 Å². The highest BCUT2D eigenvalue weighted by molar-refractivity contribution is 5.70. The lowest BCUT2D eigenvalue weighted by Gasteiger charge is -2.34. The van der Waals surface area contributed by atoms with E-state index in [-0.39, 0.29) is 42.7 Å². The van der Waals surface area contributed by atoms with Gasteiger partial charge in [-0.2, -0.15) is 0 Å². The SMILES string of the molecule is CC/C=C/C/C=C/CCCCCCCC(=O)OCC(COCCC(C(=O)[O-])[N+](C)(C)C)OC(=O)CCCCCCCCC/C=C/CCCCCCCC. The van der Waals surface area contributed by atoms with Gasteiger partial charge in [0.05, 0.1) is 40.3 Å². The molecular formula is C45H81NO7. The van der Waals surface area contributed by atoms with Crippen LogP contribution in [-0.2, 0) is 28.6 Å². The zero-order chi connectivity index (χ0) is 39.3. The molecule has 0 radical (unpaired) electrons. The molecule has 0 aromatic carbocycles. The minimum absolute atomic E-state index is 0.0352. The summed E-state index contributed by atoms with van der Waals surface area (Å²) in [4.78, 5) is 36.8. The van der Waals surface area contributed by atoms with E-state index in [1.807, 2.05) is 0 Å². The number of hydrogen-bond acceptors (Lipinski definition) is 7. The maximum atomic E-state index is 12.7. The minimum atomic E-state index is -1.13. The van der Waals surface area contributed by atoms with E-state index in [0.29, 0.717) is 12.8 Å². The molecule has 0 aliphatic heterocycles. The third kappa shape index (κ3) is 35.0. The number of quaternary nitrogens is 1. The number of aliphatic carboxylic acids is 1. The van der Waals surface area contributed by atoms with Gasteiger partial charge in [0.2, 0.25) is 0 Å². The molecule has 308 valence electrons. The van der Waals surface area contributed by atoms with E-state index in [1.54, 1.807) is 21.1 Å². The Hall–Kier alpha value is -2.45. The molecule has 0 aromatic heterocycles. The molecule has 0 spiro atoms. The molecule has 0 saturated heterocycles. The lowest BCUT2D eigenvalue weighted by molar-refractivity contribution is -0.889. The van der Waals surface area contributed by atoms with Crippen LogP contribution in [0.25, 0.3) is 0 Å². The van der Waals surface area contributed by atoms with Crippen LogP contribution in [0.1, 0.15) is 181 Å². The average molecular weight is 748 g/mol. The summed E-state index contributed by atoms with van der Waals surface area (Å²) < 4.78 is 17.1. The Kier molecular flexibility index (Phi) is 34.8. The summed E-state index contributed by atoms with van der Waals surface area (Å²) in [6.45, 7) is 4.53. The van der Waals surface area contributed by atoms with Crippen molar-refractivity contribution < 1.29 is 38.2 Å². The van der Waals surface area contributed by atoms with E-state index in [2.05, 4.69) is 50.3 Å². The standard InChI is InChI=1S/C45H81NO7/c1-6-8-10-12-14-16-18-20-21-22-23-24-26-28-30-32-34-36-44(48)53-41(39-51-38-37-42(45(49)50)46(3,4)5)40-52-43(47)35-33-31-29-27-25-19-17-15-13-11-9-7-2/h9,11,15,17,20-21,41-42H,6-8,10,12-14,16,18-19,22-40H2,1-5H3/b11-9+,17-15+,21-20+. The van der Waals surface area contributed by atoms with Crippen LogP contribution in [0.2, 0.25) is 0 Å². The number of hydrogen-bond donors (Lipinski definition) is 0. The van der Waals surface area contributed by atoms with Crippen molar-refractivity contribution in [3.8, 4) is 0 Å². The van der Waals surface area contributed by atoms with Crippen LogP contribution in [0.5, 0.6) is 0 Å². The molecule has 0 rings (SSSR count). The summed E-state index contributed by atoms with van der Waals surface area (Å²) in [6, 6.07) is -0.727. The van der Waals surface area contributed by atoms with Gasteiger partial charge in [0, 0.05) is 19.3 Å². The van der Waals surface area contributed by atoms with Crippen molar-refractivity contribution in [3.05, 3.63) is 36.5 Å². The van der Waals surface area contributed by atoms with Crippen LogP contribution < -0.4 is 5.11 Å². The molecular weight excluding hydrogens is 666 g/mol. The number of nitrogens with zero attached hydrogens (tertiary/aromatic N) is 1. The molecule has 0 fully saturated rings. The molecule has 8 heteroatoms. The fourth-order valence-electron chi connectivity index (χ4n) is 6.16. The Bertz CT molecular complexity index is 968. The molecule has 8 nitrogen and oxygen atoms in total. The lowest BCUT2D eigenvalue weighted by Crippen LogP contribution is -2.55. The Balaban J connectivity index is 4.36. The zero-order valence-electron chi connectivity index (χ0n) is 34.9. The van der Waals surface area contributed by atoms with Crippen LogP contribution in [0.4, 0.5) is 0 Å². The molecule has 0 amide bonds. The molecule has 53 heavy (non-hydrogen) atoms. The topological polar surface area (TPSA) is 102 Å². The highest BCUT2D eigenvalue weighted by Crippen LogP contribution is 2.14. The van der Waals surface area contributed by atoms with Gasteiger partial charge < -0.3 is 28.6 Å². The molecule has 0 aliphatic rings. The monoisotopic (exact) mass is 748 g/mol. The van der Waals surface area contributed by atoms with Gasteiger partial charge in [0.1, 0.15) is 12.6 Å². The van der Waals surface area contributed by atoms with E-state index in [1.165, 1.54) is 77.0 Å². The molecule has 0 N–H and O–H groups in total. The smallest absolute Gasteiger partial charge is 0.306 e. The van der Waals surface area contributed by atoms with E-state index < -0.39 is 18.1 Å². The van der Waals surface area contributed by atoms with Crippen LogP contribution in [0.15, 0.2) is 36.5 Å². The van der Waals surface area contributed by atoms with Gasteiger partial charge in [0.15, 0.2) is 6.10 Å². The van der Waals surface area contributed by atoms with Crippen molar-refractivity contribution in [3.63, 3.8) is 0 Å². The van der Waals surface area contributed by atoms with Gasteiger partial charge in [-0.3, -0.25) is 9.59 Å². The number of carboxylic acid groups (broad SMARTS) is 1. The number of unbranched alkanes of at least 4 members (excludes halogenated alkanes) is 18. The molecule has 0 heterocycles. The predicted octanol–water partition coefficient (Wildman–Crippen LogP) is 10.1. The first kappa shape index (κ1) is 50.5. The Morgan fingerprint density at radius 3 is 1.57 bits per heavy atom. The number of likely N-dealkylation sites (N-methyl/N-ethyl adjacent to an activating group) is 1. The van der Waals surface area contributed by atoms with Gasteiger partial charge >= 0.3 is 11.9 Å². The fraction of sp³-hybridized carbons (Fsp3) is 0.800. The van der Waals surface area contributed by atoms with Crippen molar-refractivity contribution in [2.24, 2.45) is 0 Å². The van der Waals surface area contributed by atoms with Gasteiger partial charge in [-0.1, -0.05) is 134 Å². The fourth-order valence-corrected chi connectivity index (χ4v) is 6.16. The van der Waals surface area contributed by atoms with E-state index in [9.17, 15) is 19.5 Å². The maximum absolute atomic E-state index is 12.7. The van der Waals surface area contributed by atoms with Gasteiger partial charge in [-0.25, -0.2) is 0 Å². The number of rotatable bonds is 38. The average Bonchev–Trinajstić information content (AvgIpc) is 3.11. The molecule has 0 aliphatic carbocycles. The highest BCUT2D eigenvalue weighted by atomic mass is 16.6. The second-order valence-electron chi connectivity index (χ2n) is 15.5. The highest BCUT2D eigenvalue weighted by Gasteiger charge is 2.25. The summed E-state index contributed by atoms with van der Waals surface area (Å²) >= 11 is 0. The second kappa shape index (κ2) is 36.5. The maximum Gasteiger partial charge on any atom is 0.306 e. The Morgan fingerprint density at radius 2 is 1.06 bits per heavy atom. The number of ether oxygens (including phenoxy) is 3. The third-order valence-electron chi connectivity index (χ3n) is 9.51. The van der Waals surface area contributed by atoms with E-state index in [4.69, 9.17) is 14.2 Å². The van der Waals surface area contributed by atoms with E-state index in [0.717, 1.165) is 70.6 Å². The van der Waals surface area contributed by atoms with Gasteiger partial charge in [0.25, 0.3) is 0 Å². The first-order chi connectivity index (χ1) is 25.6. The van der Waals surface area contributed by atoms with E-state index >= 15 is 0 Å². The van der Waals surface area contributed by atoms with Crippen molar-refractivity contribution in [2.75, 3.05) is 41.0 Å². The van der Waals surface area contributed by atoms with Gasteiger partial charge in [-0.05, 0) is 64.2 Å². The first-order valence-electron chi connectivity index (χ1n) is 21.5. The first-order valence-corrected chi connectivity index (χ1v) is 21.5. The number of carbonyl (C=O) groups is 3. The van der Waals surface area contributed by atoms with Crippen molar-refractivity contribution in [1.82, 2.24) is 0 Å². The Morgan fingerprint density at radius 1 is 0.585 bits per heavy atom. The minimum Gasteiger partial charge on any atom is -0.544 e. The third-order valence-corrected chi connectivity index (χ3v) is 9.51. The number of carbonyl (C=O) groups excluding carboxylic acids is 3. The van der Waals surface area contributed by atoms with Crippen molar-refractivity contribution in [1.29, 1.82) is 0 Å². The zero-order valence-corrected chi connectivity index (χ0v) is 34.9. The summed E-state index contributed by atoms with van der Waals surface area (Å²) in [5, 5.41) is 11.6. The van der Waals surface area contributed by atoms with Crippen LogP contribution in [0, 0.1) is 0 Å². The summed E-state index contributed by atoms with van der Waals surface area (Å²) in [7, 11) is 5.40. The van der Waals surface area contributed by atoms with Crippen molar-refractivity contribution >= 4 is 17.9 Å². The summed E-state index contributed by atoms with van der Waals surface area (Å²) in [5.74, 6) is -1.76. The predicted molar refractivity (Wildman–Crippen MR) is 217 cm³/mol. The molecule has 2 unspecified atom stereocenters. The summed E-state index contributed by atoms with van der Waals surface area (Å²) in [6.07, 6.45) is 40.2. The molecule has 2 atom stereocenters. The quantitative estimate of drug-likeness (QED) is 0.0268. The molecule has 0 saturated carbocycles. The van der Waals surface area contributed by atoms with Crippen molar-refractivity contribution in [2.45, 2.75) is 193 Å². The van der Waals surface area contributed by atoms with Crippen LogP contribution in [-0.4, -0.2) is 75.5 Å². The normalized spacial score (nSPS) is 13.3. The number of allylic oxidation sites excluding steroid dienone is 6. The Labute approximate surface area is 325 Å². The number of carboxylic acids is 1. The lowest BCUT2D eigenvalue weighted by atomic mass is 10.1. The largest absolute Gasteiger partial charge is 0.544 e. The van der Waals surface area contributed by atoms with Crippen LogP contribution in [0.3, 0.4) is 0 Å². The number of esters is 2. The molecule has 0 aromatic rings. The molecule has 0 bridgehead atoms. The second-order valence-corrected chi connectivity index (χ2v) is 15.5. The summed E-state index contributed by atoms with van der Waals surface area (Å²) in [5.41, 5.74) is 0. The van der Waals surface area contributed by atoms with Gasteiger partial charge in [-0.15, -0.1) is 0 Å².